The van der Waals surface area contributed by atoms with E-state index in [1.807, 2.05) is 30.1 Å². The summed E-state index contributed by atoms with van der Waals surface area (Å²) in [6.07, 6.45) is 6.69. The Bertz CT molecular complexity index is 278. The van der Waals surface area contributed by atoms with Crippen molar-refractivity contribution in [1.82, 2.24) is 4.98 Å². The van der Waals surface area contributed by atoms with Crippen molar-refractivity contribution < 1.29 is 14.9 Å². The minimum atomic E-state index is -1.50. The number of H-pyrrole nitrogens is 1. The van der Waals surface area contributed by atoms with E-state index in [2.05, 4.69) is 11.6 Å². The van der Waals surface area contributed by atoms with E-state index in [1.165, 1.54) is 5.82 Å². The molecule has 1 aromatic rings. The van der Waals surface area contributed by atoms with Crippen LogP contribution >= 0.6 is 0 Å². The van der Waals surface area contributed by atoms with Gasteiger partial charge in [0.15, 0.2) is 0 Å². The van der Waals surface area contributed by atoms with Gasteiger partial charge in [-0.25, -0.2) is 9.55 Å². The minimum absolute atomic E-state index is 0.906. The molecule has 0 spiro atoms. The maximum Gasteiger partial charge on any atom is 0.291 e. The predicted molar refractivity (Wildman–Crippen MR) is 44.7 cm³/mol. The summed E-state index contributed by atoms with van der Waals surface area (Å²) >= 11 is 0. The lowest BCUT2D eigenvalue weighted by molar-refractivity contribution is -0.742. The van der Waals surface area contributed by atoms with E-state index in [0.29, 0.717) is 0 Å². The summed E-state index contributed by atoms with van der Waals surface area (Å²) in [5.74, 6) is 1.19. The number of aryl methyl sites for hydroxylation is 1. The molecule has 6 heteroatoms. The monoisotopic (exact) mass is 186 g/mol. The fourth-order valence-electron chi connectivity index (χ4n) is 0.777. The Morgan fingerprint density at radius 2 is 2.46 bits per heavy atom. The van der Waals surface area contributed by atoms with E-state index in [9.17, 15) is 0 Å². The molecule has 0 atom stereocenters. The van der Waals surface area contributed by atoms with Gasteiger partial charge in [-0.1, -0.05) is 6.08 Å². The third kappa shape index (κ3) is 5.42. The van der Waals surface area contributed by atoms with Crippen molar-refractivity contribution in [3.8, 4) is 0 Å². The van der Waals surface area contributed by atoms with Gasteiger partial charge in [0.1, 0.15) is 12.4 Å². The van der Waals surface area contributed by atoms with Crippen LogP contribution in [0.3, 0.4) is 0 Å². The molecular formula is C7H12N3O3+. The van der Waals surface area contributed by atoms with Crippen LogP contribution in [-0.4, -0.2) is 15.3 Å². The molecule has 0 amide bonds. The summed E-state index contributed by atoms with van der Waals surface area (Å²) in [5, 5.41) is 13.6. The van der Waals surface area contributed by atoms with E-state index in [0.717, 1.165) is 6.42 Å². The Balaban J connectivity index is 0.000000310. The summed E-state index contributed by atoms with van der Waals surface area (Å²) < 4.78 is 2.04. The summed E-state index contributed by atoms with van der Waals surface area (Å²) in [6, 6.07) is 0. The Labute approximate surface area is 75.2 Å². The Hall–Kier alpha value is -1.85. The molecule has 0 aliphatic heterocycles. The maximum atomic E-state index is 8.36. The van der Waals surface area contributed by atoms with Crippen molar-refractivity contribution >= 4 is 0 Å². The van der Waals surface area contributed by atoms with Gasteiger partial charge in [0.05, 0.1) is 13.5 Å². The second-order valence-corrected chi connectivity index (χ2v) is 2.25. The van der Waals surface area contributed by atoms with Crippen molar-refractivity contribution in [1.29, 1.82) is 0 Å². The van der Waals surface area contributed by atoms with Crippen LogP contribution in [-0.2, 0) is 13.5 Å². The van der Waals surface area contributed by atoms with Gasteiger partial charge < -0.3 is 5.21 Å². The number of aromatic amines is 1. The largest absolute Gasteiger partial charge is 0.328 e. The molecule has 0 radical (unpaired) electrons. The number of rotatable bonds is 2. The van der Waals surface area contributed by atoms with Crippen molar-refractivity contribution in [3.05, 3.63) is 41.0 Å². The third-order valence-electron chi connectivity index (χ3n) is 1.31. The molecular weight excluding hydrogens is 174 g/mol. The van der Waals surface area contributed by atoms with Crippen molar-refractivity contribution in [3.63, 3.8) is 0 Å². The Kier molecular flexibility index (Phi) is 4.94. The molecule has 0 fully saturated rings. The fourth-order valence-corrected chi connectivity index (χ4v) is 0.777. The molecule has 0 aliphatic carbocycles. The maximum absolute atomic E-state index is 8.36. The minimum Gasteiger partial charge on any atom is -0.328 e. The lowest BCUT2D eigenvalue weighted by atomic mass is 10.4. The molecule has 1 aromatic heterocycles. The number of hydrogen-bond donors (Lipinski definition) is 2. The highest BCUT2D eigenvalue weighted by Crippen LogP contribution is 1.85. The molecule has 2 N–H and O–H groups in total. The van der Waals surface area contributed by atoms with E-state index in [4.69, 9.17) is 15.3 Å². The van der Waals surface area contributed by atoms with Gasteiger partial charge in [-0.05, 0) is 0 Å². The predicted octanol–water partition coefficient (Wildman–Crippen LogP) is 0.220. The van der Waals surface area contributed by atoms with Crippen LogP contribution < -0.4 is 4.57 Å². The smallest absolute Gasteiger partial charge is 0.291 e. The van der Waals surface area contributed by atoms with Gasteiger partial charge in [-0.2, -0.15) is 0 Å². The van der Waals surface area contributed by atoms with Gasteiger partial charge in [-0.3, -0.25) is 0 Å². The third-order valence-corrected chi connectivity index (χ3v) is 1.31. The molecule has 0 bridgehead atoms. The van der Waals surface area contributed by atoms with E-state index < -0.39 is 5.09 Å². The molecule has 0 aliphatic rings. The SMILES string of the molecule is C=CCc1[nH]cc[n+]1C.O=[N+]([O-])O. The zero-order valence-corrected chi connectivity index (χ0v) is 7.30. The second-order valence-electron chi connectivity index (χ2n) is 2.25. The van der Waals surface area contributed by atoms with Crippen molar-refractivity contribution in [2.45, 2.75) is 6.42 Å². The molecule has 1 heterocycles. The van der Waals surface area contributed by atoms with Crippen LogP contribution in [0.1, 0.15) is 5.82 Å². The van der Waals surface area contributed by atoms with Crippen molar-refractivity contribution in [2.24, 2.45) is 7.05 Å². The highest BCUT2D eigenvalue weighted by molar-refractivity contribution is 4.85. The molecule has 1 rings (SSSR count). The zero-order valence-electron chi connectivity index (χ0n) is 7.30. The van der Waals surface area contributed by atoms with Crippen LogP contribution in [0.4, 0.5) is 0 Å². The highest BCUT2D eigenvalue weighted by atomic mass is 16.9. The Morgan fingerprint density at radius 1 is 1.92 bits per heavy atom. The molecule has 13 heavy (non-hydrogen) atoms. The van der Waals surface area contributed by atoms with Crippen LogP contribution in [0.15, 0.2) is 25.0 Å². The summed E-state index contributed by atoms with van der Waals surface area (Å²) in [6.45, 7) is 3.64. The van der Waals surface area contributed by atoms with Gasteiger partial charge in [0.25, 0.3) is 10.9 Å². The van der Waals surface area contributed by atoms with Crippen molar-refractivity contribution in [2.75, 3.05) is 0 Å². The lowest BCUT2D eigenvalue weighted by Gasteiger charge is -1.85. The molecule has 0 aromatic carbocycles. The van der Waals surface area contributed by atoms with Crippen LogP contribution in [0, 0.1) is 10.1 Å². The molecule has 0 saturated carbocycles. The first-order valence-corrected chi connectivity index (χ1v) is 3.54. The van der Waals surface area contributed by atoms with Gasteiger partial charge in [0.2, 0.25) is 0 Å². The second kappa shape index (κ2) is 5.76. The quantitative estimate of drug-likeness (QED) is 0.300. The lowest BCUT2D eigenvalue weighted by Crippen LogP contribution is -2.29. The first kappa shape index (κ1) is 11.2. The standard InChI is InChI=1S/C7H10N2.HNO3/c1-3-4-7-8-5-6-9(7)2;2-1(3)4/h3,5-6H,1,4H2,2H3;(H,2,3,4)/p+1. The zero-order chi connectivity index (χ0) is 10.3. The molecule has 6 nitrogen and oxygen atoms in total. The topological polar surface area (TPSA) is 83.0 Å². The van der Waals surface area contributed by atoms with Crippen LogP contribution in [0.2, 0.25) is 0 Å². The van der Waals surface area contributed by atoms with E-state index in [-0.39, 0.29) is 0 Å². The number of aromatic nitrogens is 2. The highest BCUT2D eigenvalue weighted by Gasteiger charge is 2.00. The van der Waals surface area contributed by atoms with Gasteiger partial charge in [-0.15, -0.1) is 16.7 Å². The van der Waals surface area contributed by atoms with E-state index >= 15 is 0 Å². The van der Waals surface area contributed by atoms with Crippen LogP contribution in [0.25, 0.3) is 0 Å². The number of allylic oxidation sites excluding steroid dienone is 1. The number of imidazole rings is 1. The normalized spacial score (nSPS) is 8.38. The fraction of sp³-hybridized carbons (Fsp3) is 0.286. The Morgan fingerprint density at radius 3 is 2.77 bits per heavy atom. The first-order chi connectivity index (χ1) is 6.07. The van der Waals surface area contributed by atoms with Gasteiger partial charge >= 0.3 is 0 Å². The average molecular weight is 186 g/mol. The summed E-state index contributed by atoms with van der Waals surface area (Å²) in [4.78, 5) is 11.5. The van der Waals surface area contributed by atoms with E-state index in [1.54, 1.807) is 0 Å². The van der Waals surface area contributed by atoms with Gasteiger partial charge in [0, 0.05) is 0 Å². The number of nitrogens with zero attached hydrogens (tertiary/aromatic N) is 2. The molecule has 72 valence electrons. The average Bonchev–Trinajstić information content (AvgIpc) is 2.36. The number of hydrogen-bond acceptors (Lipinski definition) is 2. The van der Waals surface area contributed by atoms with Crippen LogP contribution in [0.5, 0.6) is 0 Å². The molecule has 0 saturated heterocycles. The summed E-state index contributed by atoms with van der Waals surface area (Å²) in [5.41, 5.74) is 0. The molecule has 0 unspecified atom stereocenters. The summed E-state index contributed by atoms with van der Waals surface area (Å²) in [7, 11) is 2.01. The number of nitrogens with one attached hydrogen (secondary N) is 1. The first-order valence-electron chi connectivity index (χ1n) is 3.54.